The predicted octanol–water partition coefficient (Wildman–Crippen LogP) is 3.87. The van der Waals surface area contributed by atoms with E-state index in [1.165, 1.54) is 21.9 Å². The van der Waals surface area contributed by atoms with E-state index in [2.05, 4.69) is 69.0 Å². The summed E-state index contributed by atoms with van der Waals surface area (Å²) in [6, 6.07) is 15.2. The van der Waals surface area contributed by atoms with E-state index >= 15 is 0 Å². The Morgan fingerprint density at radius 1 is 1.24 bits per heavy atom. The van der Waals surface area contributed by atoms with Crippen LogP contribution < -0.4 is 5.32 Å². The van der Waals surface area contributed by atoms with Crippen molar-refractivity contribution in [1.29, 1.82) is 0 Å². The van der Waals surface area contributed by atoms with Gasteiger partial charge < -0.3 is 10.2 Å². The van der Waals surface area contributed by atoms with Crippen LogP contribution in [0, 0.1) is 0 Å². The summed E-state index contributed by atoms with van der Waals surface area (Å²) in [7, 11) is 3.86. The molecule has 0 radical (unpaired) electrons. The number of hydrogen-bond donors (Lipinski definition) is 1. The van der Waals surface area contributed by atoms with Crippen LogP contribution in [0.2, 0.25) is 0 Å². The van der Waals surface area contributed by atoms with Crippen LogP contribution in [-0.4, -0.2) is 53.1 Å². The Hall–Kier alpha value is -2.47. The largest absolute Gasteiger partial charge is 0.355 e. The van der Waals surface area contributed by atoms with Gasteiger partial charge in [-0.1, -0.05) is 42.5 Å². The van der Waals surface area contributed by atoms with Gasteiger partial charge in [-0.25, -0.2) is 0 Å². The molecule has 0 aliphatic carbocycles. The molecule has 6 heteroatoms. The zero-order valence-electron chi connectivity index (χ0n) is 17.2. The van der Waals surface area contributed by atoms with Crippen LogP contribution in [0.3, 0.4) is 0 Å². The fourth-order valence-corrected chi connectivity index (χ4v) is 4.91. The van der Waals surface area contributed by atoms with Crippen LogP contribution in [0.5, 0.6) is 0 Å². The zero-order valence-corrected chi connectivity index (χ0v) is 18.0. The molecule has 152 valence electrons. The number of aryl methyl sites for hydroxylation is 1. The molecule has 1 N–H and O–H groups in total. The van der Waals surface area contributed by atoms with Crippen LogP contribution in [0.4, 0.5) is 0 Å². The zero-order chi connectivity index (χ0) is 20.1. The molecule has 0 amide bonds. The minimum Gasteiger partial charge on any atom is -0.355 e. The topological polar surface area (TPSA) is 45.5 Å². The molecule has 0 spiro atoms. The molecule has 3 aromatic rings. The number of hydrogen-bond acceptors (Lipinski definition) is 3. The van der Waals surface area contributed by atoms with Crippen molar-refractivity contribution in [3.05, 3.63) is 66.0 Å². The average molecular weight is 408 g/mol. The summed E-state index contributed by atoms with van der Waals surface area (Å²) in [4.78, 5) is 6.87. The van der Waals surface area contributed by atoms with Crippen molar-refractivity contribution in [3.63, 3.8) is 0 Å². The minimum absolute atomic E-state index is 0.544. The second-order valence-corrected chi connectivity index (χ2v) is 8.65. The van der Waals surface area contributed by atoms with E-state index in [4.69, 9.17) is 0 Å². The van der Waals surface area contributed by atoms with Gasteiger partial charge in [-0.05, 0) is 28.3 Å². The van der Waals surface area contributed by atoms with Gasteiger partial charge >= 0.3 is 0 Å². The van der Waals surface area contributed by atoms with Crippen molar-refractivity contribution in [3.8, 4) is 0 Å². The summed E-state index contributed by atoms with van der Waals surface area (Å²) in [5.74, 6) is 3.65. The lowest BCUT2D eigenvalue weighted by molar-refractivity contribution is 0.488. The quantitative estimate of drug-likeness (QED) is 0.383. The van der Waals surface area contributed by atoms with E-state index in [0.29, 0.717) is 5.92 Å². The number of likely N-dealkylation sites (tertiary alicyclic amines) is 1. The van der Waals surface area contributed by atoms with Gasteiger partial charge in [-0.2, -0.15) is 16.9 Å². The van der Waals surface area contributed by atoms with Gasteiger partial charge in [0.25, 0.3) is 0 Å². The van der Waals surface area contributed by atoms with Crippen LogP contribution in [0.25, 0.3) is 10.8 Å². The molecule has 4 rings (SSSR count). The number of thioether (sulfide) groups is 1. The van der Waals surface area contributed by atoms with Crippen LogP contribution >= 0.6 is 11.8 Å². The SMILES string of the molecule is CN=C(NCCSCc1cccc2ccccc12)N1CCC(c2cnn(C)c2)C1. The standard InChI is InChI=1S/C23H29N5S/c1-24-23(28-12-10-19(16-28)21-14-26-27(2)15-21)25-11-13-29-17-20-8-5-7-18-6-3-4-9-22(18)20/h3-9,14-15,19H,10-13,16-17H2,1-2H3,(H,24,25). The maximum absolute atomic E-state index is 4.50. The normalized spacial score (nSPS) is 17.2. The van der Waals surface area contributed by atoms with Crippen molar-refractivity contribution in [2.45, 2.75) is 18.1 Å². The molecule has 1 aliphatic rings. The highest BCUT2D eigenvalue weighted by Crippen LogP contribution is 2.26. The van der Waals surface area contributed by atoms with Gasteiger partial charge in [0.05, 0.1) is 6.20 Å². The lowest BCUT2D eigenvalue weighted by atomic mass is 10.0. The molecule has 1 unspecified atom stereocenters. The number of benzene rings is 2. The fraction of sp³-hybridized carbons (Fsp3) is 0.391. The molecule has 29 heavy (non-hydrogen) atoms. The lowest BCUT2D eigenvalue weighted by Gasteiger charge is -2.21. The molecule has 1 aromatic heterocycles. The van der Waals surface area contributed by atoms with Gasteiger partial charge in [-0.3, -0.25) is 9.67 Å². The van der Waals surface area contributed by atoms with Gasteiger partial charge in [0.2, 0.25) is 0 Å². The second kappa shape index (κ2) is 9.35. The van der Waals surface area contributed by atoms with Crippen molar-refractivity contribution in [2.75, 3.05) is 32.4 Å². The van der Waals surface area contributed by atoms with E-state index in [0.717, 1.165) is 43.5 Å². The van der Waals surface area contributed by atoms with Crippen LogP contribution in [0.1, 0.15) is 23.5 Å². The number of guanidine groups is 1. The Labute approximate surface area is 177 Å². The first-order valence-electron chi connectivity index (χ1n) is 10.2. The number of rotatable bonds is 6. The Bertz CT molecular complexity index is 975. The van der Waals surface area contributed by atoms with Crippen molar-refractivity contribution >= 4 is 28.5 Å². The Balaban J connectivity index is 1.23. The smallest absolute Gasteiger partial charge is 0.193 e. The second-order valence-electron chi connectivity index (χ2n) is 7.54. The first-order chi connectivity index (χ1) is 14.2. The average Bonchev–Trinajstić information content (AvgIpc) is 3.40. The van der Waals surface area contributed by atoms with E-state index in [9.17, 15) is 0 Å². The molecule has 1 atom stereocenters. The van der Waals surface area contributed by atoms with Gasteiger partial charge in [-0.15, -0.1) is 0 Å². The summed E-state index contributed by atoms with van der Waals surface area (Å²) in [5, 5.41) is 10.5. The Morgan fingerprint density at radius 2 is 2.10 bits per heavy atom. The molecule has 1 aliphatic heterocycles. The van der Waals surface area contributed by atoms with E-state index in [-0.39, 0.29) is 0 Å². The summed E-state index contributed by atoms with van der Waals surface area (Å²) in [5.41, 5.74) is 2.74. The third-order valence-electron chi connectivity index (χ3n) is 5.56. The lowest BCUT2D eigenvalue weighted by Crippen LogP contribution is -2.40. The number of nitrogens with one attached hydrogen (secondary N) is 1. The summed E-state index contributed by atoms with van der Waals surface area (Å²) < 4.78 is 1.89. The monoisotopic (exact) mass is 407 g/mol. The van der Waals surface area contributed by atoms with E-state index in [1.807, 2.05) is 36.7 Å². The summed E-state index contributed by atoms with van der Waals surface area (Å²) in [6.07, 6.45) is 5.28. The van der Waals surface area contributed by atoms with Gasteiger partial charge in [0.15, 0.2) is 5.96 Å². The predicted molar refractivity (Wildman–Crippen MR) is 124 cm³/mol. The Kier molecular flexibility index (Phi) is 6.39. The molecule has 0 saturated carbocycles. The summed E-state index contributed by atoms with van der Waals surface area (Å²) >= 11 is 1.97. The van der Waals surface area contributed by atoms with E-state index in [1.54, 1.807) is 0 Å². The molecule has 2 aromatic carbocycles. The first-order valence-corrected chi connectivity index (χ1v) is 11.4. The number of aromatic nitrogens is 2. The fourth-order valence-electron chi connectivity index (χ4n) is 4.04. The first kappa shape index (κ1) is 19.8. The maximum Gasteiger partial charge on any atom is 0.193 e. The number of fused-ring (bicyclic) bond motifs is 1. The number of nitrogens with zero attached hydrogens (tertiary/aromatic N) is 4. The maximum atomic E-state index is 4.50. The van der Waals surface area contributed by atoms with Gasteiger partial charge in [0, 0.05) is 57.4 Å². The number of aliphatic imine (C=N–C) groups is 1. The van der Waals surface area contributed by atoms with E-state index < -0.39 is 0 Å². The highest BCUT2D eigenvalue weighted by Gasteiger charge is 2.26. The van der Waals surface area contributed by atoms with Crippen LogP contribution in [-0.2, 0) is 12.8 Å². The molecule has 5 nitrogen and oxygen atoms in total. The highest BCUT2D eigenvalue weighted by molar-refractivity contribution is 7.98. The highest BCUT2D eigenvalue weighted by atomic mass is 32.2. The molecule has 1 saturated heterocycles. The van der Waals surface area contributed by atoms with Crippen LogP contribution in [0.15, 0.2) is 59.9 Å². The third kappa shape index (κ3) is 4.75. The summed E-state index contributed by atoms with van der Waals surface area (Å²) in [6.45, 7) is 2.98. The molecular formula is C23H29N5S. The molecule has 2 heterocycles. The van der Waals surface area contributed by atoms with Crippen molar-refractivity contribution < 1.29 is 0 Å². The van der Waals surface area contributed by atoms with Crippen molar-refractivity contribution in [2.24, 2.45) is 12.0 Å². The third-order valence-corrected chi connectivity index (χ3v) is 6.57. The molecule has 1 fully saturated rings. The minimum atomic E-state index is 0.544. The molecule has 0 bridgehead atoms. The van der Waals surface area contributed by atoms with Gasteiger partial charge in [0.1, 0.15) is 0 Å². The Morgan fingerprint density at radius 3 is 2.93 bits per heavy atom. The van der Waals surface area contributed by atoms with Crippen molar-refractivity contribution in [1.82, 2.24) is 20.0 Å². The molecular weight excluding hydrogens is 378 g/mol.